The third kappa shape index (κ3) is 7.00. The molecule has 0 saturated heterocycles. The summed E-state index contributed by atoms with van der Waals surface area (Å²) in [7, 11) is 0. The van der Waals surface area contributed by atoms with Gasteiger partial charge in [-0.05, 0) is 31.6 Å². The van der Waals surface area contributed by atoms with E-state index in [-0.39, 0.29) is 5.91 Å². The Morgan fingerprint density at radius 2 is 2.00 bits per heavy atom. The van der Waals surface area contributed by atoms with Gasteiger partial charge < -0.3 is 11.1 Å². The Morgan fingerprint density at radius 1 is 1.22 bits per heavy atom. The first-order valence-corrected chi connectivity index (χ1v) is 7.74. The number of nitrogens with one attached hydrogen (secondary N) is 1. The first-order valence-electron chi connectivity index (χ1n) is 7.74. The Morgan fingerprint density at radius 3 is 2.72 bits per heavy atom. The van der Waals surface area contributed by atoms with Crippen molar-refractivity contribution < 1.29 is 4.79 Å². The number of carbonyl (C=O) groups excluding carboxylic acids is 1. The van der Waals surface area contributed by atoms with Crippen molar-refractivity contribution in [3.05, 3.63) is 0 Å². The molecule has 0 heterocycles. The van der Waals surface area contributed by atoms with E-state index >= 15 is 0 Å². The molecule has 3 heteroatoms. The van der Waals surface area contributed by atoms with Gasteiger partial charge in [0.25, 0.3) is 0 Å². The van der Waals surface area contributed by atoms with Crippen molar-refractivity contribution in [3.63, 3.8) is 0 Å². The minimum absolute atomic E-state index is 0.227. The highest BCUT2D eigenvalue weighted by atomic mass is 16.1. The number of hydrogen-bond acceptors (Lipinski definition) is 2. The summed E-state index contributed by atoms with van der Waals surface area (Å²) >= 11 is 0. The van der Waals surface area contributed by atoms with Crippen LogP contribution >= 0.6 is 0 Å². The van der Waals surface area contributed by atoms with Crippen LogP contribution in [-0.4, -0.2) is 18.5 Å². The molecule has 1 aliphatic rings. The third-order valence-electron chi connectivity index (χ3n) is 3.92. The van der Waals surface area contributed by atoms with E-state index in [1.54, 1.807) is 0 Å². The van der Waals surface area contributed by atoms with Crippen LogP contribution in [0.5, 0.6) is 0 Å². The van der Waals surface area contributed by atoms with E-state index in [4.69, 9.17) is 5.73 Å². The smallest absolute Gasteiger partial charge is 0.220 e. The summed E-state index contributed by atoms with van der Waals surface area (Å²) in [6.45, 7) is 3.04. The molecule has 18 heavy (non-hydrogen) atoms. The second kappa shape index (κ2) is 9.37. The van der Waals surface area contributed by atoms with Crippen LogP contribution in [0.4, 0.5) is 0 Å². The highest BCUT2D eigenvalue weighted by Gasteiger charge is 2.19. The predicted octanol–water partition coefficient (Wildman–Crippen LogP) is 2.98. The molecule has 0 spiro atoms. The van der Waals surface area contributed by atoms with Gasteiger partial charge in [-0.1, -0.05) is 39.0 Å². The average molecular weight is 254 g/mol. The monoisotopic (exact) mass is 254 g/mol. The van der Waals surface area contributed by atoms with Crippen LogP contribution in [0.1, 0.15) is 71.1 Å². The molecule has 0 bridgehead atoms. The van der Waals surface area contributed by atoms with Crippen molar-refractivity contribution in [1.82, 2.24) is 5.32 Å². The Labute approximate surface area is 112 Å². The van der Waals surface area contributed by atoms with Gasteiger partial charge in [0.2, 0.25) is 5.91 Å². The highest BCUT2D eigenvalue weighted by Crippen LogP contribution is 2.22. The van der Waals surface area contributed by atoms with E-state index in [2.05, 4.69) is 12.2 Å². The average Bonchev–Trinajstić information content (AvgIpc) is 2.36. The Bertz CT molecular complexity index is 231. The number of nitrogens with two attached hydrogens (primary N) is 1. The van der Waals surface area contributed by atoms with Crippen LogP contribution in [0.2, 0.25) is 0 Å². The first-order chi connectivity index (χ1) is 8.72. The summed E-state index contributed by atoms with van der Waals surface area (Å²) in [4.78, 5) is 11.7. The van der Waals surface area contributed by atoms with Gasteiger partial charge >= 0.3 is 0 Å². The molecule has 1 rings (SSSR count). The van der Waals surface area contributed by atoms with Crippen molar-refractivity contribution in [2.75, 3.05) is 6.54 Å². The van der Waals surface area contributed by atoms with Crippen LogP contribution in [0.25, 0.3) is 0 Å². The molecule has 3 nitrogen and oxygen atoms in total. The van der Waals surface area contributed by atoms with Crippen LogP contribution in [-0.2, 0) is 4.79 Å². The lowest BCUT2D eigenvalue weighted by Crippen LogP contribution is -2.35. The van der Waals surface area contributed by atoms with Crippen LogP contribution in [0.3, 0.4) is 0 Å². The van der Waals surface area contributed by atoms with Crippen molar-refractivity contribution >= 4 is 5.91 Å². The minimum atomic E-state index is 0.227. The van der Waals surface area contributed by atoms with E-state index in [1.165, 1.54) is 38.5 Å². The third-order valence-corrected chi connectivity index (χ3v) is 3.92. The zero-order valence-electron chi connectivity index (χ0n) is 11.9. The molecule has 0 radical (unpaired) electrons. The molecule has 0 aromatic heterocycles. The van der Waals surface area contributed by atoms with Gasteiger partial charge in [0.15, 0.2) is 0 Å². The molecule has 106 valence electrons. The second-order valence-corrected chi connectivity index (χ2v) is 5.76. The van der Waals surface area contributed by atoms with Crippen LogP contribution < -0.4 is 11.1 Å². The standard InChI is InChI=1S/C15H30N2O/c1-2-3-4-5-6-10-15(18)17-12-13-8-7-9-14(16)11-13/h13-14H,2-12,16H2,1H3,(H,17,18). The maximum absolute atomic E-state index is 11.7. The molecule has 1 saturated carbocycles. The Balaban J connectivity index is 1.99. The first kappa shape index (κ1) is 15.5. The number of amides is 1. The van der Waals surface area contributed by atoms with Crippen molar-refractivity contribution in [2.45, 2.75) is 77.2 Å². The molecule has 1 aliphatic carbocycles. The number of carbonyl (C=O) groups is 1. The molecule has 1 fully saturated rings. The fourth-order valence-corrected chi connectivity index (χ4v) is 2.75. The van der Waals surface area contributed by atoms with E-state index in [0.29, 0.717) is 18.4 Å². The fourth-order valence-electron chi connectivity index (χ4n) is 2.75. The van der Waals surface area contributed by atoms with E-state index < -0.39 is 0 Å². The summed E-state index contributed by atoms with van der Waals surface area (Å²) < 4.78 is 0. The van der Waals surface area contributed by atoms with E-state index in [0.717, 1.165) is 25.8 Å². The fraction of sp³-hybridized carbons (Fsp3) is 0.933. The lowest BCUT2D eigenvalue weighted by molar-refractivity contribution is -0.121. The normalized spacial score (nSPS) is 23.9. The summed E-state index contributed by atoms with van der Waals surface area (Å²) in [5.41, 5.74) is 5.95. The summed E-state index contributed by atoms with van der Waals surface area (Å²) in [6.07, 6.45) is 11.4. The zero-order valence-corrected chi connectivity index (χ0v) is 11.9. The predicted molar refractivity (Wildman–Crippen MR) is 76.3 cm³/mol. The lowest BCUT2D eigenvalue weighted by atomic mass is 9.86. The SMILES string of the molecule is CCCCCCCC(=O)NCC1CCCC(N)C1. The van der Waals surface area contributed by atoms with Crippen molar-refractivity contribution in [2.24, 2.45) is 11.7 Å². The summed E-state index contributed by atoms with van der Waals surface area (Å²) in [5.74, 6) is 0.837. The van der Waals surface area contributed by atoms with Gasteiger partial charge in [0.05, 0.1) is 0 Å². The minimum Gasteiger partial charge on any atom is -0.356 e. The molecule has 0 aromatic rings. The maximum Gasteiger partial charge on any atom is 0.220 e. The van der Waals surface area contributed by atoms with Gasteiger partial charge in [0, 0.05) is 19.0 Å². The van der Waals surface area contributed by atoms with Gasteiger partial charge in [-0.15, -0.1) is 0 Å². The second-order valence-electron chi connectivity index (χ2n) is 5.76. The molecule has 2 unspecified atom stereocenters. The van der Waals surface area contributed by atoms with Crippen LogP contribution in [0, 0.1) is 5.92 Å². The number of rotatable bonds is 8. The zero-order chi connectivity index (χ0) is 13.2. The largest absolute Gasteiger partial charge is 0.356 e. The van der Waals surface area contributed by atoms with Gasteiger partial charge in [-0.3, -0.25) is 4.79 Å². The molecule has 2 atom stereocenters. The van der Waals surface area contributed by atoms with Gasteiger partial charge in [-0.2, -0.15) is 0 Å². The van der Waals surface area contributed by atoms with E-state index in [1.807, 2.05) is 0 Å². The molecular weight excluding hydrogens is 224 g/mol. The number of hydrogen-bond donors (Lipinski definition) is 2. The highest BCUT2D eigenvalue weighted by molar-refractivity contribution is 5.75. The number of unbranched alkanes of at least 4 members (excludes halogenated alkanes) is 4. The Kier molecular flexibility index (Phi) is 8.06. The van der Waals surface area contributed by atoms with Crippen LogP contribution in [0.15, 0.2) is 0 Å². The summed E-state index contributed by atoms with van der Waals surface area (Å²) in [5, 5.41) is 3.07. The van der Waals surface area contributed by atoms with Gasteiger partial charge in [-0.25, -0.2) is 0 Å². The molecule has 1 amide bonds. The quantitative estimate of drug-likeness (QED) is 0.654. The van der Waals surface area contributed by atoms with Crippen molar-refractivity contribution in [3.8, 4) is 0 Å². The lowest BCUT2D eigenvalue weighted by Gasteiger charge is -2.26. The Hall–Kier alpha value is -0.570. The molecule has 3 N–H and O–H groups in total. The van der Waals surface area contributed by atoms with Gasteiger partial charge in [0.1, 0.15) is 0 Å². The van der Waals surface area contributed by atoms with E-state index in [9.17, 15) is 4.79 Å². The maximum atomic E-state index is 11.7. The topological polar surface area (TPSA) is 55.1 Å². The van der Waals surface area contributed by atoms with Crippen molar-refractivity contribution in [1.29, 1.82) is 0 Å². The summed E-state index contributed by atoms with van der Waals surface area (Å²) in [6, 6.07) is 0.356. The molecule has 0 aromatic carbocycles. The molecule has 0 aliphatic heterocycles. The molecular formula is C15H30N2O.